The Morgan fingerprint density at radius 3 is 2.63 bits per heavy atom. The molecule has 0 spiro atoms. The molecule has 0 amide bonds. The highest BCUT2D eigenvalue weighted by molar-refractivity contribution is 4.89. The first-order valence-corrected chi connectivity index (χ1v) is 7.47. The molecule has 4 heteroatoms. The summed E-state index contributed by atoms with van der Waals surface area (Å²) < 4.78 is 10.9. The normalized spacial score (nSPS) is 25.4. The average Bonchev–Trinajstić information content (AvgIpc) is 2.77. The summed E-state index contributed by atoms with van der Waals surface area (Å²) in [6.07, 6.45) is 1.15. The number of ether oxygens (including phenoxy) is 2. The van der Waals surface area contributed by atoms with Crippen molar-refractivity contribution in [3.63, 3.8) is 0 Å². The molecule has 1 fully saturated rings. The fraction of sp³-hybridized carbons (Fsp3) is 1.00. The molecular weight excluding hydrogens is 240 g/mol. The summed E-state index contributed by atoms with van der Waals surface area (Å²) in [5, 5.41) is 3.61. The highest BCUT2D eigenvalue weighted by Gasteiger charge is 2.36. The Kier molecular flexibility index (Phi) is 7.29. The van der Waals surface area contributed by atoms with Gasteiger partial charge in [-0.15, -0.1) is 0 Å². The first-order valence-electron chi connectivity index (χ1n) is 7.47. The molecule has 0 bridgehead atoms. The Morgan fingerprint density at radius 2 is 2.11 bits per heavy atom. The van der Waals surface area contributed by atoms with Gasteiger partial charge in [0, 0.05) is 38.3 Å². The van der Waals surface area contributed by atoms with Crippen LogP contribution in [0.25, 0.3) is 0 Å². The first-order chi connectivity index (χ1) is 8.99. The van der Waals surface area contributed by atoms with Gasteiger partial charge in [-0.25, -0.2) is 0 Å². The van der Waals surface area contributed by atoms with Gasteiger partial charge in [0.25, 0.3) is 0 Å². The molecule has 2 unspecified atom stereocenters. The SMILES string of the molecule is COCC(C)N(C)CC1(CNCC(C)C)CCOC1. The second-order valence-electron chi connectivity index (χ2n) is 6.55. The van der Waals surface area contributed by atoms with Crippen LogP contribution in [0.1, 0.15) is 27.2 Å². The van der Waals surface area contributed by atoms with Gasteiger partial charge in [0.15, 0.2) is 0 Å². The summed E-state index contributed by atoms with van der Waals surface area (Å²) in [6, 6.07) is 0.451. The quantitative estimate of drug-likeness (QED) is 0.691. The molecule has 0 saturated carbocycles. The minimum absolute atomic E-state index is 0.269. The zero-order chi connectivity index (χ0) is 14.3. The molecule has 0 radical (unpaired) electrons. The number of hydrogen-bond donors (Lipinski definition) is 1. The van der Waals surface area contributed by atoms with Crippen molar-refractivity contribution in [1.29, 1.82) is 0 Å². The largest absolute Gasteiger partial charge is 0.383 e. The molecule has 1 aliphatic heterocycles. The maximum Gasteiger partial charge on any atom is 0.0615 e. The number of hydrogen-bond acceptors (Lipinski definition) is 4. The molecule has 0 aromatic carbocycles. The predicted octanol–water partition coefficient (Wildman–Crippen LogP) is 1.61. The lowest BCUT2D eigenvalue weighted by Gasteiger charge is -2.35. The molecule has 1 saturated heterocycles. The van der Waals surface area contributed by atoms with E-state index in [0.29, 0.717) is 12.0 Å². The molecule has 0 aromatic rings. The maximum atomic E-state index is 5.66. The Balaban J connectivity index is 2.46. The lowest BCUT2D eigenvalue weighted by Crippen LogP contribution is -2.47. The van der Waals surface area contributed by atoms with E-state index in [0.717, 1.165) is 45.9 Å². The first kappa shape index (κ1) is 16.9. The number of likely N-dealkylation sites (N-methyl/N-ethyl adjacent to an activating group) is 1. The van der Waals surface area contributed by atoms with Crippen LogP contribution in [0.15, 0.2) is 0 Å². The number of rotatable bonds is 9. The van der Waals surface area contributed by atoms with E-state index in [1.807, 2.05) is 0 Å². The predicted molar refractivity (Wildman–Crippen MR) is 79.5 cm³/mol. The summed E-state index contributed by atoms with van der Waals surface area (Å²) >= 11 is 0. The van der Waals surface area contributed by atoms with Crippen LogP contribution in [-0.2, 0) is 9.47 Å². The summed E-state index contributed by atoms with van der Waals surface area (Å²) in [4.78, 5) is 2.40. The molecule has 1 aliphatic rings. The third kappa shape index (κ3) is 5.78. The fourth-order valence-electron chi connectivity index (χ4n) is 2.65. The van der Waals surface area contributed by atoms with Crippen LogP contribution in [0.2, 0.25) is 0 Å². The molecule has 4 nitrogen and oxygen atoms in total. The van der Waals surface area contributed by atoms with Crippen molar-refractivity contribution in [3.05, 3.63) is 0 Å². The smallest absolute Gasteiger partial charge is 0.0615 e. The topological polar surface area (TPSA) is 33.7 Å². The van der Waals surface area contributed by atoms with E-state index >= 15 is 0 Å². The molecule has 1 N–H and O–H groups in total. The highest BCUT2D eigenvalue weighted by Crippen LogP contribution is 2.29. The van der Waals surface area contributed by atoms with Gasteiger partial charge in [0.05, 0.1) is 13.2 Å². The van der Waals surface area contributed by atoms with Crippen molar-refractivity contribution in [1.82, 2.24) is 10.2 Å². The van der Waals surface area contributed by atoms with Crippen LogP contribution in [0.3, 0.4) is 0 Å². The summed E-state index contributed by atoms with van der Waals surface area (Å²) in [6.45, 7) is 12.5. The molecule has 1 rings (SSSR count). The second-order valence-corrected chi connectivity index (χ2v) is 6.55. The number of nitrogens with zero attached hydrogens (tertiary/aromatic N) is 1. The van der Waals surface area contributed by atoms with Crippen molar-refractivity contribution < 1.29 is 9.47 Å². The summed E-state index contributed by atoms with van der Waals surface area (Å²) in [5.41, 5.74) is 0.269. The van der Waals surface area contributed by atoms with Crippen molar-refractivity contribution in [2.24, 2.45) is 11.3 Å². The number of nitrogens with one attached hydrogen (secondary N) is 1. The lowest BCUT2D eigenvalue weighted by molar-refractivity contribution is 0.0694. The van der Waals surface area contributed by atoms with Gasteiger partial charge >= 0.3 is 0 Å². The summed E-state index contributed by atoms with van der Waals surface area (Å²) in [7, 11) is 3.95. The molecule has 19 heavy (non-hydrogen) atoms. The van der Waals surface area contributed by atoms with Crippen molar-refractivity contribution in [2.45, 2.75) is 33.2 Å². The monoisotopic (exact) mass is 272 g/mol. The minimum atomic E-state index is 0.269. The van der Waals surface area contributed by atoms with Crippen molar-refractivity contribution >= 4 is 0 Å². The third-order valence-corrected chi connectivity index (χ3v) is 3.98. The van der Waals surface area contributed by atoms with E-state index in [1.165, 1.54) is 0 Å². The highest BCUT2D eigenvalue weighted by atomic mass is 16.5. The zero-order valence-corrected chi connectivity index (χ0v) is 13.4. The van der Waals surface area contributed by atoms with E-state index < -0.39 is 0 Å². The molecule has 2 atom stereocenters. The van der Waals surface area contributed by atoms with Gasteiger partial charge in [-0.2, -0.15) is 0 Å². The molecule has 1 heterocycles. The van der Waals surface area contributed by atoms with E-state index in [9.17, 15) is 0 Å². The molecular formula is C15H32N2O2. The van der Waals surface area contributed by atoms with E-state index in [4.69, 9.17) is 9.47 Å². The molecule has 114 valence electrons. The Morgan fingerprint density at radius 1 is 1.37 bits per heavy atom. The van der Waals surface area contributed by atoms with Gasteiger partial charge in [-0.05, 0) is 32.9 Å². The second kappa shape index (κ2) is 8.20. The third-order valence-electron chi connectivity index (χ3n) is 3.98. The van der Waals surface area contributed by atoms with Gasteiger partial charge < -0.3 is 19.7 Å². The van der Waals surface area contributed by atoms with Crippen molar-refractivity contribution in [2.75, 3.05) is 53.6 Å². The van der Waals surface area contributed by atoms with Gasteiger partial charge in [-0.3, -0.25) is 0 Å². The molecule has 0 aromatic heterocycles. The molecule has 0 aliphatic carbocycles. The van der Waals surface area contributed by atoms with Gasteiger partial charge in [-0.1, -0.05) is 13.8 Å². The van der Waals surface area contributed by atoms with E-state index in [-0.39, 0.29) is 5.41 Å². The van der Waals surface area contributed by atoms with E-state index in [2.05, 4.69) is 38.0 Å². The van der Waals surface area contributed by atoms with Crippen LogP contribution >= 0.6 is 0 Å². The zero-order valence-electron chi connectivity index (χ0n) is 13.4. The fourth-order valence-corrected chi connectivity index (χ4v) is 2.65. The van der Waals surface area contributed by atoms with Crippen LogP contribution < -0.4 is 5.32 Å². The average molecular weight is 272 g/mol. The van der Waals surface area contributed by atoms with Crippen LogP contribution in [0.5, 0.6) is 0 Å². The van der Waals surface area contributed by atoms with E-state index in [1.54, 1.807) is 7.11 Å². The Labute approximate surface area is 118 Å². The van der Waals surface area contributed by atoms with Crippen molar-refractivity contribution in [3.8, 4) is 0 Å². The maximum absolute atomic E-state index is 5.66. The minimum Gasteiger partial charge on any atom is -0.383 e. The van der Waals surface area contributed by atoms with Crippen LogP contribution in [0, 0.1) is 11.3 Å². The number of methoxy groups -OCH3 is 1. The van der Waals surface area contributed by atoms with Crippen LogP contribution in [0.4, 0.5) is 0 Å². The standard InChI is InChI=1S/C15H32N2O2/c1-13(2)8-16-10-15(6-7-19-12-15)11-17(4)14(3)9-18-5/h13-14,16H,6-12H2,1-5H3. The summed E-state index contributed by atoms with van der Waals surface area (Å²) in [5.74, 6) is 0.699. The Hall–Kier alpha value is -0.160. The van der Waals surface area contributed by atoms with Crippen LogP contribution in [-0.4, -0.2) is 64.6 Å². The lowest BCUT2D eigenvalue weighted by atomic mass is 9.86. The van der Waals surface area contributed by atoms with Gasteiger partial charge in [0.1, 0.15) is 0 Å². The van der Waals surface area contributed by atoms with Gasteiger partial charge in [0.2, 0.25) is 0 Å². The Bertz CT molecular complexity index is 240.